The number of nitriles is 1. The molecule has 1 spiro atoms. The van der Waals surface area contributed by atoms with E-state index in [2.05, 4.69) is 219 Å². The van der Waals surface area contributed by atoms with Crippen molar-refractivity contribution < 1.29 is 0 Å². The van der Waals surface area contributed by atoms with Gasteiger partial charge in [-0.3, -0.25) is 0 Å². The molecule has 1 aliphatic carbocycles. The van der Waals surface area contributed by atoms with Crippen LogP contribution in [0.5, 0.6) is 0 Å². The Morgan fingerprint density at radius 1 is 0.492 bits per heavy atom. The molecule has 1 aliphatic heterocycles. The van der Waals surface area contributed by atoms with Crippen molar-refractivity contribution in [2.24, 2.45) is 0 Å². The first-order chi connectivity index (χ1) is 32.1. The third-order valence-corrected chi connectivity index (χ3v) is 13.6. The Balaban J connectivity index is 0.00000231. The number of benzene rings is 10. The zero-order valence-corrected chi connectivity index (χ0v) is 37.2. The summed E-state index contributed by atoms with van der Waals surface area (Å²) in [5.41, 5.74) is 15.6. The first-order valence-electron chi connectivity index (χ1n) is 23.0. The molecule has 10 aromatic carbocycles. The van der Waals surface area contributed by atoms with Gasteiger partial charge in [-0.1, -0.05) is 185 Å². The Bertz CT molecular complexity index is 3330. The number of fused-ring (bicyclic) bond motifs is 13. The second kappa shape index (κ2) is 16.0. The summed E-state index contributed by atoms with van der Waals surface area (Å²) < 4.78 is 0. The van der Waals surface area contributed by atoms with Crippen LogP contribution in [0.1, 0.15) is 56.4 Å². The van der Waals surface area contributed by atoms with Gasteiger partial charge in [0.05, 0.1) is 22.9 Å². The molecule has 10 aromatic rings. The van der Waals surface area contributed by atoms with Gasteiger partial charge in [-0.2, -0.15) is 5.26 Å². The number of rotatable bonds is 5. The molecule has 0 bridgehead atoms. The summed E-state index contributed by atoms with van der Waals surface area (Å²) in [6.45, 7) is 8.21. The van der Waals surface area contributed by atoms with Gasteiger partial charge in [-0.25, -0.2) is 0 Å². The Labute approximate surface area is 381 Å². The molecule has 0 fully saturated rings. The molecule has 12 rings (SSSR count). The number of nitrogens with zero attached hydrogens (tertiary/aromatic N) is 2. The molecule has 2 heteroatoms. The van der Waals surface area contributed by atoms with E-state index in [1.807, 2.05) is 26.0 Å². The van der Waals surface area contributed by atoms with Gasteiger partial charge in [0.1, 0.15) is 0 Å². The highest BCUT2D eigenvalue weighted by molar-refractivity contribution is 6.15. The molecule has 0 unspecified atom stereocenters. The van der Waals surface area contributed by atoms with Crippen molar-refractivity contribution in [2.45, 2.75) is 39.5 Å². The maximum absolute atomic E-state index is 10.2. The third-order valence-electron chi connectivity index (χ3n) is 13.6. The van der Waals surface area contributed by atoms with E-state index in [0.717, 1.165) is 23.5 Å². The lowest BCUT2D eigenvalue weighted by Gasteiger charge is -2.45. The van der Waals surface area contributed by atoms with Crippen LogP contribution < -0.4 is 4.90 Å². The van der Waals surface area contributed by atoms with Crippen LogP contribution in [0.4, 0.5) is 11.4 Å². The lowest BCUT2D eigenvalue weighted by Crippen LogP contribution is -2.37. The fourth-order valence-electron chi connectivity index (χ4n) is 11.1. The summed E-state index contributed by atoms with van der Waals surface area (Å²) in [5, 5.41) is 20.1. The maximum Gasteiger partial charge on any atom is 0.0988 e. The summed E-state index contributed by atoms with van der Waals surface area (Å²) in [6, 6.07) is 74.8. The van der Waals surface area contributed by atoms with Crippen LogP contribution in [0, 0.1) is 11.3 Å². The molecule has 1 heterocycles. The van der Waals surface area contributed by atoms with Gasteiger partial charge in [0, 0.05) is 11.3 Å². The van der Waals surface area contributed by atoms with Crippen molar-refractivity contribution in [3.05, 3.63) is 240 Å². The van der Waals surface area contributed by atoms with Crippen LogP contribution in [0.25, 0.3) is 76.5 Å². The molecule has 2 nitrogen and oxygen atoms in total. The SMILES string of the molecule is CC.CC/C=C(C#N)\C=C(/C)N1c2ccccc2C2(c3cc(-c4c5ccccc5cc5ccccc45)ccc3-c3ccc(-c4c5ccccc5cc5ccccc45)cc32)c2ccccc21. The normalized spacial score (nSPS) is 13.6. The summed E-state index contributed by atoms with van der Waals surface area (Å²) in [6.07, 6.45) is 4.84. The molecular weight excluding hydrogens is 785 g/mol. The van der Waals surface area contributed by atoms with E-state index in [1.54, 1.807) is 0 Å². The highest BCUT2D eigenvalue weighted by Crippen LogP contribution is 2.64. The molecule has 0 atom stereocenters. The second-order valence-corrected chi connectivity index (χ2v) is 17.0. The van der Waals surface area contributed by atoms with E-state index in [0.29, 0.717) is 5.57 Å². The van der Waals surface area contributed by atoms with E-state index in [-0.39, 0.29) is 0 Å². The molecular formula is C63H48N2. The van der Waals surface area contributed by atoms with Crippen LogP contribution in [-0.4, -0.2) is 0 Å². The van der Waals surface area contributed by atoms with Crippen molar-refractivity contribution in [2.75, 3.05) is 4.90 Å². The van der Waals surface area contributed by atoms with Crippen LogP contribution in [0.3, 0.4) is 0 Å². The molecule has 310 valence electrons. The standard InChI is InChI=1S/C61H42N2.C2H6/c1-3-16-40(38-62)33-39(2)63-57-27-14-12-25-53(57)61(54-26-13-15-28-58(54)63)55-36-45(59-47-21-8-4-17-41(47)34-42-18-5-9-22-48(42)59)29-31-51(55)52-32-30-46(37-56(52)61)60-49-23-10-6-19-43(49)35-44-20-7-11-24-50(44)60;1-2/h4-37H,3H2,1-2H3;1-2H3/b39-33+,40-16+;. The van der Waals surface area contributed by atoms with E-state index in [9.17, 15) is 5.26 Å². The van der Waals surface area contributed by atoms with E-state index in [4.69, 9.17) is 0 Å². The smallest absolute Gasteiger partial charge is 0.0988 e. The number of para-hydroxylation sites is 2. The number of hydrogen-bond acceptors (Lipinski definition) is 2. The average Bonchev–Trinajstić information content (AvgIpc) is 3.64. The molecule has 0 N–H and O–H groups in total. The van der Waals surface area contributed by atoms with Crippen molar-refractivity contribution in [3.63, 3.8) is 0 Å². The molecule has 0 saturated heterocycles. The molecule has 0 saturated carbocycles. The Morgan fingerprint density at radius 2 is 0.877 bits per heavy atom. The van der Waals surface area contributed by atoms with Crippen molar-refractivity contribution >= 4 is 54.5 Å². The van der Waals surface area contributed by atoms with Crippen molar-refractivity contribution in [1.29, 1.82) is 5.26 Å². The van der Waals surface area contributed by atoms with Crippen molar-refractivity contribution in [1.82, 2.24) is 0 Å². The van der Waals surface area contributed by atoms with Gasteiger partial charge in [0.2, 0.25) is 0 Å². The van der Waals surface area contributed by atoms with Gasteiger partial charge in [0.15, 0.2) is 0 Å². The van der Waals surface area contributed by atoms with E-state index >= 15 is 0 Å². The highest BCUT2D eigenvalue weighted by atomic mass is 15.2. The number of allylic oxidation sites excluding steroid dienone is 4. The molecule has 0 aromatic heterocycles. The first kappa shape index (κ1) is 39.8. The minimum atomic E-state index is -0.682. The number of anilines is 2. The number of hydrogen-bond donors (Lipinski definition) is 0. The van der Waals surface area contributed by atoms with Crippen LogP contribution in [-0.2, 0) is 5.41 Å². The van der Waals surface area contributed by atoms with Gasteiger partial charge in [-0.15, -0.1) is 0 Å². The minimum absolute atomic E-state index is 0.667. The Kier molecular flexibility index (Phi) is 9.79. The molecule has 0 radical (unpaired) electrons. The lowest BCUT2D eigenvalue weighted by molar-refractivity contribution is 0.748. The van der Waals surface area contributed by atoms with Crippen LogP contribution >= 0.6 is 0 Å². The van der Waals surface area contributed by atoms with E-state index < -0.39 is 5.41 Å². The third kappa shape index (κ3) is 6.00. The van der Waals surface area contributed by atoms with Gasteiger partial charge in [0.25, 0.3) is 0 Å². The minimum Gasteiger partial charge on any atom is -0.314 e. The Morgan fingerprint density at radius 3 is 1.28 bits per heavy atom. The topological polar surface area (TPSA) is 27.0 Å². The maximum atomic E-state index is 10.2. The summed E-state index contributed by atoms with van der Waals surface area (Å²) in [4.78, 5) is 2.37. The highest BCUT2D eigenvalue weighted by Gasteiger charge is 2.52. The predicted octanol–water partition coefficient (Wildman–Crippen LogP) is 17.2. The molecule has 2 aliphatic rings. The summed E-state index contributed by atoms with van der Waals surface area (Å²) >= 11 is 0. The van der Waals surface area contributed by atoms with Crippen molar-refractivity contribution in [3.8, 4) is 39.4 Å². The van der Waals surface area contributed by atoms with Gasteiger partial charge in [-0.05, 0) is 155 Å². The Hall–Kier alpha value is -7.99. The van der Waals surface area contributed by atoms with Crippen LogP contribution in [0.15, 0.2) is 218 Å². The molecule has 0 amide bonds. The second-order valence-electron chi connectivity index (χ2n) is 17.0. The zero-order valence-electron chi connectivity index (χ0n) is 37.2. The predicted molar refractivity (Wildman–Crippen MR) is 276 cm³/mol. The quantitative estimate of drug-likeness (QED) is 0.0981. The summed E-state index contributed by atoms with van der Waals surface area (Å²) in [5.74, 6) is 0. The lowest BCUT2D eigenvalue weighted by atomic mass is 9.64. The molecule has 65 heavy (non-hydrogen) atoms. The fourth-order valence-corrected chi connectivity index (χ4v) is 11.1. The van der Waals surface area contributed by atoms with Crippen LogP contribution in [0.2, 0.25) is 0 Å². The van der Waals surface area contributed by atoms with Gasteiger partial charge < -0.3 is 4.90 Å². The largest absolute Gasteiger partial charge is 0.314 e. The monoisotopic (exact) mass is 832 g/mol. The fraction of sp³-hybridized carbons (Fsp3) is 0.0952. The first-order valence-corrected chi connectivity index (χ1v) is 23.0. The average molecular weight is 833 g/mol. The zero-order chi connectivity index (χ0) is 44.2. The van der Waals surface area contributed by atoms with Gasteiger partial charge >= 0.3 is 0 Å². The van der Waals surface area contributed by atoms with E-state index in [1.165, 1.54) is 98.7 Å². The summed E-state index contributed by atoms with van der Waals surface area (Å²) in [7, 11) is 0.